The molecular formula is C11H21NO2S. The Hall–Kier alpha value is 0.0700. The van der Waals surface area contributed by atoms with Crippen molar-refractivity contribution in [3.05, 3.63) is 0 Å². The predicted molar refractivity (Wildman–Crippen MR) is 62.3 cm³/mol. The van der Waals surface area contributed by atoms with Gasteiger partial charge in [0.05, 0.1) is 0 Å². The van der Waals surface area contributed by atoms with Crippen molar-refractivity contribution in [2.24, 2.45) is 5.41 Å². The molecule has 15 heavy (non-hydrogen) atoms. The van der Waals surface area contributed by atoms with Crippen LogP contribution in [0.15, 0.2) is 0 Å². The van der Waals surface area contributed by atoms with Crippen LogP contribution in [0.5, 0.6) is 0 Å². The molecule has 2 fully saturated rings. The molecule has 0 aromatic carbocycles. The normalized spacial score (nSPS) is 33.9. The van der Waals surface area contributed by atoms with Gasteiger partial charge in [-0.25, -0.2) is 0 Å². The molecule has 2 N–H and O–H groups in total. The molecule has 2 aliphatic rings. The third kappa shape index (κ3) is 3.26. The minimum Gasteiger partial charge on any atom is -0.396 e. The van der Waals surface area contributed by atoms with Crippen LogP contribution in [0.1, 0.15) is 32.1 Å². The average Bonchev–Trinajstić information content (AvgIpc) is 2.99. The molecule has 1 heterocycles. The number of hydrogen-bond acceptors (Lipinski definition) is 3. The van der Waals surface area contributed by atoms with E-state index in [0.29, 0.717) is 18.1 Å². The van der Waals surface area contributed by atoms with Crippen LogP contribution in [0.2, 0.25) is 0 Å². The van der Waals surface area contributed by atoms with E-state index in [-0.39, 0.29) is 0 Å². The Morgan fingerprint density at radius 3 is 2.53 bits per heavy atom. The predicted octanol–water partition coefficient (Wildman–Crippen LogP) is 0.650. The van der Waals surface area contributed by atoms with E-state index < -0.39 is 10.8 Å². The molecule has 0 atom stereocenters. The fourth-order valence-corrected chi connectivity index (χ4v) is 3.59. The van der Waals surface area contributed by atoms with Gasteiger partial charge in [0.25, 0.3) is 0 Å². The Kier molecular flexibility index (Phi) is 3.80. The molecule has 2 rings (SSSR count). The summed E-state index contributed by atoms with van der Waals surface area (Å²) in [6.45, 7) is 1.36. The first-order chi connectivity index (χ1) is 7.24. The van der Waals surface area contributed by atoms with E-state index in [4.69, 9.17) is 5.11 Å². The van der Waals surface area contributed by atoms with Gasteiger partial charge in [-0.1, -0.05) is 0 Å². The lowest BCUT2D eigenvalue weighted by atomic mass is 10.0. The molecule has 0 amide bonds. The summed E-state index contributed by atoms with van der Waals surface area (Å²) < 4.78 is 11.2. The quantitative estimate of drug-likeness (QED) is 0.730. The Balaban J connectivity index is 1.67. The van der Waals surface area contributed by atoms with Gasteiger partial charge in [-0.2, -0.15) is 0 Å². The maximum absolute atomic E-state index is 11.2. The highest BCUT2D eigenvalue weighted by atomic mass is 32.2. The summed E-state index contributed by atoms with van der Waals surface area (Å²) in [5.74, 6) is 1.73. The highest BCUT2D eigenvalue weighted by Gasteiger charge is 2.41. The van der Waals surface area contributed by atoms with Gasteiger partial charge in [0, 0.05) is 41.5 Å². The van der Waals surface area contributed by atoms with Crippen LogP contribution in [0.4, 0.5) is 0 Å². The van der Waals surface area contributed by atoms with Crippen LogP contribution in [-0.2, 0) is 10.8 Å². The lowest BCUT2D eigenvalue weighted by Crippen LogP contribution is -2.39. The number of aliphatic hydroxyl groups is 1. The Bertz CT molecular complexity index is 231. The maximum atomic E-state index is 11.2. The van der Waals surface area contributed by atoms with Gasteiger partial charge in [-0.3, -0.25) is 4.21 Å². The third-order valence-corrected chi connectivity index (χ3v) is 5.14. The second-order valence-electron chi connectivity index (χ2n) is 4.98. The zero-order valence-corrected chi connectivity index (χ0v) is 10.0. The van der Waals surface area contributed by atoms with Crippen LogP contribution in [0.3, 0.4) is 0 Å². The third-order valence-electron chi connectivity index (χ3n) is 3.75. The van der Waals surface area contributed by atoms with Crippen molar-refractivity contribution < 1.29 is 9.32 Å². The maximum Gasteiger partial charge on any atom is 0.0436 e. The van der Waals surface area contributed by atoms with E-state index in [0.717, 1.165) is 37.3 Å². The van der Waals surface area contributed by atoms with Gasteiger partial charge >= 0.3 is 0 Å². The second-order valence-corrected chi connectivity index (χ2v) is 6.67. The van der Waals surface area contributed by atoms with Gasteiger partial charge in [0.2, 0.25) is 0 Å². The van der Waals surface area contributed by atoms with Crippen LogP contribution >= 0.6 is 0 Å². The van der Waals surface area contributed by atoms with E-state index in [1.165, 1.54) is 12.8 Å². The number of hydrogen-bond donors (Lipinski definition) is 2. The second kappa shape index (κ2) is 4.93. The molecule has 1 aliphatic heterocycles. The fourth-order valence-electron chi connectivity index (χ4n) is 2.29. The average molecular weight is 231 g/mol. The Morgan fingerprint density at radius 2 is 2.00 bits per heavy atom. The summed E-state index contributed by atoms with van der Waals surface area (Å²) in [5, 5.41) is 12.5. The monoisotopic (exact) mass is 231 g/mol. The number of nitrogens with one attached hydrogen (secondary N) is 1. The minimum absolute atomic E-state index is 0.316. The summed E-state index contributed by atoms with van der Waals surface area (Å²) in [6.07, 6.45) is 5.58. The SMILES string of the molecule is O=S1CCC(NCC2(CCO)CC2)CC1. The Labute approximate surface area is 94.1 Å². The molecule has 0 spiro atoms. The van der Waals surface area contributed by atoms with Crippen molar-refractivity contribution >= 4 is 10.8 Å². The van der Waals surface area contributed by atoms with Gasteiger partial charge in [0.15, 0.2) is 0 Å². The van der Waals surface area contributed by atoms with Gasteiger partial charge in [0.1, 0.15) is 0 Å². The van der Waals surface area contributed by atoms with E-state index in [9.17, 15) is 4.21 Å². The summed E-state index contributed by atoms with van der Waals surface area (Å²) in [6, 6.07) is 0.568. The molecule has 4 heteroatoms. The van der Waals surface area contributed by atoms with E-state index >= 15 is 0 Å². The summed E-state index contributed by atoms with van der Waals surface area (Å²) in [7, 11) is -0.553. The highest BCUT2D eigenvalue weighted by molar-refractivity contribution is 7.85. The van der Waals surface area contributed by atoms with Crippen LogP contribution in [0, 0.1) is 5.41 Å². The molecular weight excluding hydrogens is 210 g/mol. The van der Waals surface area contributed by atoms with E-state index in [1.807, 2.05) is 0 Å². The van der Waals surface area contributed by atoms with Gasteiger partial charge in [-0.05, 0) is 37.5 Å². The van der Waals surface area contributed by atoms with Crippen molar-refractivity contribution in [2.45, 2.75) is 38.1 Å². The lowest BCUT2D eigenvalue weighted by Gasteiger charge is -2.25. The molecule has 88 valence electrons. The lowest BCUT2D eigenvalue weighted by molar-refractivity contribution is 0.241. The van der Waals surface area contributed by atoms with Crippen LogP contribution in [0.25, 0.3) is 0 Å². The highest BCUT2D eigenvalue weighted by Crippen LogP contribution is 2.48. The van der Waals surface area contributed by atoms with Gasteiger partial charge < -0.3 is 10.4 Å². The first-order valence-electron chi connectivity index (χ1n) is 5.93. The molecule has 0 aromatic rings. The van der Waals surface area contributed by atoms with Crippen LogP contribution < -0.4 is 5.32 Å². The van der Waals surface area contributed by atoms with Crippen molar-refractivity contribution in [1.29, 1.82) is 0 Å². The van der Waals surface area contributed by atoms with Crippen molar-refractivity contribution in [3.8, 4) is 0 Å². The summed E-state index contributed by atoms with van der Waals surface area (Å²) >= 11 is 0. The summed E-state index contributed by atoms with van der Waals surface area (Å²) in [5.41, 5.74) is 0.408. The first-order valence-corrected chi connectivity index (χ1v) is 7.42. The van der Waals surface area contributed by atoms with Crippen molar-refractivity contribution in [1.82, 2.24) is 5.32 Å². The number of aliphatic hydroxyl groups excluding tert-OH is 1. The van der Waals surface area contributed by atoms with Crippen LogP contribution in [-0.4, -0.2) is 40.0 Å². The molecule has 1 aliphatic carbocycles. The molecule has 0 bridgehead atoms. The zero-order chi connectivity index (χ0) is 10.7. The number of rotatable bonds is 5. The van der Waals surface area contributed by atoms with Gasteiger partial charge in [-0.15, -0.1) is 0 Å². The summed E-state index contributed by atoms with van der Waals surface area (Å²) in [4.78, 5) is 0. The topological polar surface area (TPSA) is 49.3 Å². The molecule has 3 nitrogen and oxygen atoms in total. The molecule has 0 radical (unpaired) electrons. The first kappa shape index (κ1) is 11.6. The largest absolute Gasteiger partial charge is 0.396 e. The minimum atomic E-state index is -0.553. The van der Waals surface area contributed by atoms with E-state index in [1.54, 1.807) is 0 Å². The molecule has 0 unspecified atom stereocenters. The molecule has 0 aromatic heterocycles. The zero-order valence-electron chi connectivity index (χ0n) is 9.21. The smallest absolute Gasteiger partial charge is 0.0436 e. The fraction of sp³-hybridized carbons (Fsp3) is 1.00. The standard InChI is InChI=1S/C11H21NO2S/c13-6-5-11(3-4-11)9-12-10-1-7-15(14)8-2-10/h10,12-13H,1-9H2. The Morgan fingerprint density at radius 1 is 1.33 bits per heavy atom. The van der Waals surface area contributed by atoms with Crippen molar-refractivity contribution in [3.63, 3.8) is 0 Å². The van der Waals surface area contributed by atoms with E-state index in [2.05, 4.69) is 5.32 Å². The molecule has 1 saturated carbocycles. The van der Waals surface area contributed by atoms with Crippen molar-refractivity contribution in [2.75, 3.05) is 24.7 Å². The molecule has 1 saturated heterocycles.